The van der Waals surface area contributed by atoms with Gasteiger partial charge in [0.05, 0.1) is 10.6 Å². The summed E-state index contributed by atoms with van der Waals surface area (Å²) in [5, 5.41) is 0. The highest BCUT2D eigenvalue weighted by Gasteiger charge is 2.14. The number of hydrogen-bond donors (Lipinski definition) is 0. The summed E-state index contributed by atoms with van der Waals surface area (Å²) in [6, 6.07) is 17.1. The summed E-state index contributed by atoms with van der Waals surface area (Å²) < 4.78 is 24.4. The van der Waals surface area contributed by atoms with Crippen LogP contribution < -0.4 is 0 Å². The summed E-state index contributed by atoms with van der Waals surface area (Å²) >= 11 is 0. The Morgan fingerprint density at radius 3 is 2.39 bits per heavy atom. The van der Waals surface area contributed by atoms with E-state index in [1.165, 1.54) is 11.1 Å². The van der Waals surface area contributed by atoms with Gasteiger partial charge in [0, 0.05) is 19.6 Å². The number of fused-ring (bicyclic) bond motifs is 1. The van der Waals surface area contributed by atoms with Gasteiger partial charge in [0.15, 0.2) is 9.84 Å². The summed E-state index contributed by atoms with van der Waals surface area (Å²) in [6.45, 7) is 2.75. The molecule has 3 rings (SSSR count). The first kappa shape index (κ1) is 16.0. The second-order valence-electron chi connectivity index (χ2n) is 5.82. The van der Waals surface area contributed by atoms with Gasteiger partial charge in [-0.05, 0) is 29.7 Å². The van der Waals surface area contributed by atoms with Crippen molar-refractivity contribution in [2.24, 2.45) is 0 Å². The van der Waals surface area contributed by atoms with E-state index < -0.39 is 9.84 Å². The Hall–Kier alpha value is -1.91. The summed E-state index contributed by atoms with van der Waals surface area (Å²) in [5.74, 6) is 0.0570. The first-order valence-corrected chi connectivity index (χ1v) is 9.52. The molecule has 120 valence electrons. The number of nitrogens with zero attached hydrogens (tertiary/aromatic N) is 1. The van der Waals surface area contributed by atoms with Gasteiger partial charge in [0.2, 0.25) is 0 Å². The second kappa shape index (κ2) is 7.11. The highest BCUT2D eigenvalue weighted by Crippen LogP contribution is 2.18. The molecule has 1 aliphatic heterocycles. The van der Waals surface area contributed by atoms with Crippen LogP contribution in [-0.4, -0.2) is 32.2 Å². The molecule has 23 heavy (non-hydrogen) atoms. The third-order valence-electron chi connectivity index (χ3n) is 4.16. The first-order chi connectivity index (χ1) is 11.1. The lowest BCUT2D eigenvalue weighted by Gasteiger charge is -2.27. The van der Waals surface area contributed by atoms with Crippen molar-refractivity contribution in [2.75, 3.05) is 18.8 Å². The molecule has 0 saturated heterocycles. The minimum Gasteiger partial charge on any atom is -0.295 e. The molecule has 0 radical (unpaired) electrons. The Labute approximate surface area is 138 Å². The van der Waals surface area contributed by atoms with Crippen LogP contribution in [0.1, 0.15) is 11.1 Å². The Balaban J connectivity index is 1.54. The molecule has 0 fully saturated rings. The minimum atomic E-state index is -3.22. The van der Waals surface area contributed by atoms with Crippen LogP contribution in [0, 0.1) is 0 Å². The molecule has 0 spiro atoms. The standard InChI is InChI=1S/C19H21NO2S/c21-23(22,19-10-2-1-3-11-19)15-7-6-13-20-14-12-17-8-4-5-9-18(17)16-20/h1-11H,12-16H2/b7-6+. The quantitative estimate of drug-likeness (QED) is 0.792. The molecule has 4 heteroatoms. The molecule has 0 saturated carbocycles. The molecule has 0 unspecified atom stereocenters. The van der Waals surface area contributed by atoms with E-state index in [0.29, 0.717) is 4.90 Å². The maximum atomic E-state index is 12.2. The van der Waals surface area contributed by atoms with E-state index in [2.05, 4.69) is 29.2 Å². The van der Waals surface area contributed by atoms with Crippen LogP contribution in [-0.2, 0) is 22.8 Å². The third-order valence-corrected chi connectivity index (χ3v) is 5.78. The van der Waals surface area contributed by atoms with Crippen molar-refractivity contribution in [2.45, 2.75) is 17.9 Å². The molecule has 0 aliphatic carbocycles. The van der Waals surface area contributed by atoms with E-state index in [-0.39, 0.29) is 5.75 Å². The molecular weight excluding hydrogens is 306 g/mol. The normalized spacial score (nSPS) is 15.7. The molecule has 3 nitrogen and oxygen atoms in total. The zero-order chi connectivity index (χ0) is 16.1. The van der Waals surface area contributed by atoms with Crippen LogP contribution in [0.25, 0.3) is 0 Å². The number of benzene rings is 2. The SMILES string of the molecule is O=S(=O)(C/C=C/CN1CCc2ccccc2C1)c1ccccc1. The smallest absolute Gasteiger partial charge is 0.181 e. The van der Waals surface area contributed by atoms with Crippen LogP contribution in [0.4, 0.5) is 0 Å². The van der Waals surface area contributed by atoms with Gasteiger partial charge in [-0.25, -0.2) is 8.42 Å². The summed E-state index contributed by atoms with van der Waals surface area (Å²) in [5.41, 5.74) is 2.81. The largest absolute Gasteiger partial charge is 0.295 e. The molecule has 0 N–H and O–H groups in total. The number of hydrogen-bond acceptors (Lipinski definition) is 3. The van der Waals surface area contributed by atoms with Crippen molar-refractivity contribution in [3.63, 3.8) is 0 Å². The van der Waals surface area contributed by atoms with E-state index in [9.17, 15) is 8.42 Å². The fourth-order valence-corrected chi connectivity index (χ4v) is 4.01. The number of rotatable bonds is 5. The predicted molar refractivity (Wildman–Crippen MR) is 93.1 cm³/mol. The average molecular weight is 327 g/mol. The predicted octanol–water partition coefficient (Wildman–Crippen LogP) is 3.07. The molecule has 2 aromatic rings. The van der Waals surface area contributed by atoms with Crippen molar-refractivity contribution < 1.29 is 8.42 Å². The van der Waals surface area contributed by atoms with Crippen LogP contribution >= 0.6 is 0 Å². The van der Waals surface area contributed by atoms with Crippen molar-refractivity contribution >= 4 is 9.84 Å². The first-order valence-electron chi connectivity index (χ1n) is 7.87. The molecule has 0 amide bonds. The van der Waals surface area contributed by atoms with Gasteiger partial charge in [0.1, 0.15) is 0 Å². The maximum absolute atomic E-state index is 12.2. The van der Waals surface area contributed by atoms with E-state index in [4.69, 9.17) is 0 Å². The van der Waals surface area contributed by atoms with Crippen molar-refractivity contribution in [1.82, 2.24) is 4.90 Å². The Kier molecular flexibility index (Phi) is 4.94. The van der Waals surface area contributed by atoms with E-state index in [1.807, 2.05) is 12.1 Å². The Bertz CT molecular complexity index is 782. The average Bonchev–Trinajstić information content (AvgIpc) is 2.59. The van der Waals surface area contributed by atoms with Crippen molar-refractivity contribution in [3.8, 4) is 0 Å². The maximum Gasteiger partial charge on any atom is 0.181 e. The van der Waals surface area contributed by atoms with E-state index in [1.54, 1.807) is 30.3 Å². The van der Waals surface area contributed by atoms with Gasteiger partial charge in [-0.2, -0.15) is 0 Å². The van der Waals surface area contributed by atoms with Gasteiger partial charge < -0.3 is 0 Å². The molecule has 0 atom stereocenters. The monoisotopic (exact) mass is 327 g/mol. The second-order valence-corrected chi connectivity index (χ2v) is 7.85. The van der Waals surface area contributed by atoms with Crippen LogP contribution in [0.15, 0.2) is 71.6 Å². The third kappa shape index (κ3) is 4.09. The van der Waals surface area contributed by atoms with Crippen LogP contribution in [0.2, 0.25) is 0 Å². The van der Waals surface area contributed by atoms with Crippen LogP contribution in [0.3, 0.4) is 0 Å². The Morgan fingerprint density at radius 1 is 0.913 bits per heavy atom. The summed E-state index contributed by atoms with van der Waals surface area (Å²) in [6.07, 6.45) is 4.80. The molecular formula is C19H21NO2S. The van der Waals surface area contributed by atoms with Gasteiger partial charge in [-0.15, -0.1) is 0 Å². The fraction of sp³-hybridized carbons (Fsp3) is 0.263. The van der Waals surface area contributed by atoms with Gasteiger partial charge >= 0.3 is 0 Å². The van der Waals surface area contributed by atoms with Crippen LogP contribution in [0.5, 0.6) is 0 Å². The molecule has 0 bridgehead atoms. The lowest BCUT2D eigenvalue weighted by atomic mass is 10.00. The van der Waals surface area contributed by atoms with Gasteiger partial charge in [-0.1, -0.05) is 54.6 Å². The van der Waals surface area contributed by atoms with Gasteiger partial charge in [0.25, 0.3) is 0 Å². The minimum absolute atomic E-state index is 0.0570. The van der Waals surface area contributed by atoms with Crippen molar-refractivity contribution in [3.05, 3.63) is 77.9 Å². The Morgan fingerprint density at radius 2 is 1.61 bits per heavy atom. The van der Waals surface area contributed by atoms with E-state index in [0.717, 1.165) is 26.1 Å². The molecule has 1 heterocycles. The van der Waals surface area contributed by atoms with Gasteiger partial charge in [-0.3, -0.25) is 4.90 Å². The lowest BCUT2D eigenvalue weighted by molar-refractivity contribution is 0.282. The molecule has 1 aliphatic rings. The zero-order valence-corrected chi connectivity index (χ0v) is 13.9. The fourth-order valence-electron chi connectivity index (χ4n) is 2.85. The topological polar surface area (TPSA) is 37.4 Å². The summed E-state index contributed by atoms with van der Waals surface area (Å²) in [7, 11) is -3.22. The van der Waals surface area contributed by atoms with Crippen molar-refractivity contribution in [1.29, 1.82) is 0 Å². The highest BCUT2D eigenvalue weighted by atomic mass is 32.2. The number of sulfone groups is 1. The lowest BCUT2D eigenvalue weighted by Crippen LogP contribution is -2.30. The van der Waals surface area contributed by atoms with E-state index >= 15 is 0 Å². The molecule has 0 aromatic heterocycles. The summed E-state index contributed by atoms with van der Waals surface area (Å²) in [4.78, 5) is 2.73. The highest BCUT2D eigenvalue weighted by molar-refractivity contribution is 7.91. The molecule has 2 aromatic carbocycles. The zero-order valence-electron chi connectivity index (χ0n) is 13.1.